The maximum atomic E-state index is 10.6. The van der Waals surface area contributed by atoms with E-state index in [0.717, 1.165) is 23.9 Å². The zero-order valence-corrected chi connectivity index (χ0v) is 13.7. The number of hydrogen-bond acceptors (Lipinski definition) is 2. The molecule has 0 aromatic heterocycles. The normalized spacial score (nSPS) is 17.5. The molecule has 0 fully saturated rings. The van der Waals surface area contributed by atoms with E-state index in [1.807, 2.05) is 0 Å². The second-order valence-electron chi connectivity index (χ2n) is 7.63. The first-order chi connectivity index (χ1) is 9.05. The van der Waals surface area contributed by atoms with Crippen molar-refractivity contribution in [3.8, 4) is 0 Å². The standard InChI is InChI=1S/C18H28O2/c1-17(2,3)14-10-13(8-7-9-19)11-15(16(20)12-14)18(4,5)6/h9-11,20H,7-8,12H2,1-6H3. The minimum Gasteiger partial charge on any atom is -0.512 e. The lowest BCUT2D eigenvalue weighted by atomic mass is 9.81. The summed E-state index contributed by atoms with van der Waals surface area (Å²) in [6.07, 6.45) is 7.04. The van der Waals surface area contributed by atoms with Crippen molar-refractivity contribution in [1.29, 1.82) is 0 Å². The number of carbonyl (C=O) groups excluding carboxylic acids is 1. The van der Waals surface area contributed by atoms with E-state index in [-0.39, 0.29) is 10.8 Å². The van der Waals surface area contributed by atoms with E-state index in [9.17, 15) is 9.90 Å². The van der Waals surface area contributed by atoms with Crippen LogP contribution in [-0.4, -0.2) is 11.4 Å². The number of rotatable bonds is 3. The minimum absolute atomic E-state index is 0.0155. The molecule has 0 bridgehead atoms. The highest BCUT2D eigenvalue weighted by Crippen LogP contribution is 2.39. The summed E-state index contributed by atoms with van der Waals surface area (Å²) in [5, 5.41) is 10.5. The Hall–Kier alpha value is -1.31. The highest BCUT2D eigenvalue weighted by molar-refractivity contribution is 5.51. The summed E-state index contributed by atoms with van der Waals surface area (Å²) in [6, 6.07) is 0. The highest BCUT2D eigenvalue weighted by atomic mass is 16.3. The summed E-state index contributed by atoms with van der Waals surface area (Å²) in [4.78, 5) is 10.6. The van der Waals surface area contributed by atoms with Crippen LogP contribution in [0, 0.1) is 10.8 Å². The molecule has 0 aromatic rings. The zero-order valence-electron chi connectivity index (χ0n) is 13.7. The molecule has 0 heterocycles. The van der Waals surface area contributed by atoms with E-state index in [1.54, 1.807) is 0 Å². The molecule has 0 unspecified atom stereocenters. The summed E-state index contributed by atoms with van der Waals surface area (Å²) < 4.78 is 0. The summed E-state index contributed by atoms with van der Waals surface area (Å²) in [5.41, 5.74) is 3.25. The van der Waals surface area contributed by atoms with Gasteiger partial charge in [0.15, 0.2) is 0 Å². The van der Waals surface area contributed by atoms with Crippen LogP contribution < -0.4 is 0 Å². The van der Waals surface area contributed by atoms with Gasteiger partial charge in [-0.1, -0.05) is 59.3 Å². The van der Waals surface area contributed by atoms with Gasteiger partial charge in [0.05, 0.1) is 0 Å². The molecule has 1 aliphatic carbocycles. The third kappa shape index (κ3) is 4.36. The van der Waals surface area contributed by atoms with Crippen LogP contribution in [0.3, 0.4) is 0 Å². The molecule has 2 nitrogen and oxygen atoms in total. The molecule has 0 aliphatic heterocycles. The molecule has 0 saturated heterocycles. The molecule has 0 radical (unpaired) electrons. The molecule has 0 spiro atoms. The van der Waals surface area contributed by atoms with Gasteiger partial charge in [-0.15, -0.1) is 0 Å². The molecule has 0 atom stereocenters. The summed E-state index contributed by atoms with van der Waals surface area (Å²) in [7, 11) is 0. The van der Waals surface area contributed by atoms with Gasteiger partial charge in [-0.25, -0.2) is 0 Å². The molecule has 20 heavy (non-hydrogen) atoms. The van der Waals surface area contributed by atoms with Crippen molar-refractivity contribution in [2.45, 2.75) is 60.8 Å². The van der Waals surface area contributed by atoms with Crippen molar-refractivity contribution in [1.82, 2.24) is 0 Å². The van der Waals surface area contributed by atoms with Gasteiger partial charge in [0.2, 0.25) is 0 Å². The summed E-state index contributed by atoms with van der Waals surface area (Å²) >= 11 is 0. The van der Waals surface area contributed by atoms with Crippen LogP contribution in [0.2, 0.25) is 0 Å². The number of allylic oxidation sites excluding steroid dienone is 5. The largest absolute Gasteiger partial charge is 0.512 e. The van der Waals surface area contributed by atoms with E-state index < -0.39 is 0 Å². The van der Waals surface area contributed by atoms with Crippen molar-refractivity contribution in [3.05, 3.63) is 34.6 Å². The van der Waals surface area contributed by atoms with Gasteiger partial charge in [-0.3, -0.25) is 0 Å². The van der Waals surface area contributed by atoms with Crippen LogP contribution in [-0.2, 0) is 4.79 Å². The van der Waals surface area contributed by atoms with E-state index in [0.29, 0.717) is 18.6 Å². The lowest BCUT2D eigenvalue weighted by Crippen LogP contribution is -2.13. The first kappa shape index (κ1) is 16.7. The van der Waals surface area contributed by atoms with Gasteiger partial charge in [0.1, 0.15) is 12.0 Å². The SMILES string of the molecule is CC(C)(C)C1=CC(CCC=O)=CC(C(C)(C)C)=C(O)C1. The first-order valence-corrected chi connectivity index (χ1v) is 7.33. The molecule has 0 saturated carbocycles. The predicted molar refractivity (Wildman–Crippen MR) is 84.6 cm³/mol. The van der Waals surface area contributed by atoms with Gasteiger partial charge in [0, 0.05) is 12.8 Å². The topological polar surface area (TPSA) is 37.3 Å². The maximum Gasteiger partial charge on any atom is 0.120 e. The van der Waals surface area contributed by atoms with Gasteiger partial charge < -0.3 is 9.90 Å². The Bertz CT molecular complexity index is 463. The smallest absolute Gasteiger partial charge is 0.120 e. The number of aldehydes is 1. The fourth-order valence-electron chi connectivity index (χ4n) is 2.36. The minimum atomic E-state index is -0.0995. The van der Waals surface area contributed by atoms with E-state index >= 15 is 0 Å². The Morgan fingerprint density at radius 3 is 2.15 bits per heavy atom. The van der Waals surface area contributed by atoms with E-state index in [2.05, 4.69) is 53.7 Å². The van der Waals surface area contributed by atoms with Crippen molar-refractivity contribution in [2.24, 2.45) is 10.8 Å². The quantitative estimate of drug-likeness (QED) is 0.726. The van der Waals surface area contributed by atoms with Gasteiger partial charge in [0.25, 0.3) is 0 Å². The number of hydrogen-bond donors (Lipinski definition) is 1. The number of aliphatic hydroxyl groups is 1. The highest BCUT2D eigenvalue weighted by Gasteiger charge is 2.26. The second kappa shape index (κ2) is 5.99. The molecule has 1 N–H and O–H groups in total. The lowest BCUT2D eigenvalue weighted by Gasteiger charge is -2.25. The fraction of sp³-hybridized carbons (Fsp3) is 0.611. The summed E-state index contributed by atoms with van der Waals surface area (Å²) in [6.45, 7) is 12.8. The van der Waals surface area contributed by atoms with E-state index in [4.69, 9.17) is 0 Å². The van der Waals surface area contributed by atoms with Crippen LogP contribution in [0.4, 0.5) is 0 Å². The Kier molecular flexibility index (Phi) is 5.01. The van der Waals surface area contributed by atoms with Crippen LogP contribution in [0.1, 0.15) is 60.8 Å². The van der Waals surface area contributed by atoms with E-state index in [1.165, 1.54) is 5.57 Å². The molecule has 0 aromatic carbocycles. The maximum absolute atomic E-state index is 10.6. The molecule has 112 valence electrons. The van der Waals surface area contributed by atoms with Crippen molar-refractivity contribution >= 4 is 6.29 Å². The average Bonchev–Trinajstić information content (AvgIpc) is 2.44. The molecular weight excluding hydrogens is 248 g/mol. The molecule has 2 heteroatoms. The second-order valence-corrected chi connectivity index (χ2v) is 7.63. The van der Waals surface area contributed by atoms with Crippen molar-refractivity contribution in [2.75, 3.05) is 0 Å². The number of aliphatic hydroxyl groups excluding tert-OH is 1. The zero-order chi connectivity index (χ0) is 15.6. The molecule has 1 aliphatic rings. The van der Waals surface area contributed by atoms with Crippen LogP contribution >= 0.6 is 0 Å². The van der Waals surface area contributed by atoms with Gasteiger partial charge >= 0.3 is 0 Å². The predicted octanol–water partition coefficient (Wildman–Crippen LogP) is 5.13. The van der Waals surface area contributed by atoms with Crippen molar-refractivity contribution in [3.63, 3.8) is 0 Å². The Morgan fingerprint density at radius 1 is 1.10 bits per heavy atom. The van der Waals surface area contributed by atoms with Gasteiger partial charge in [-0.2, -0.15) is 0 Å². The number of carbonyl (C=O) groups is 1. The van der Waals surface area contributed by atoms with Crippen LogP contribution in [0.15, 0.2) is 34.6 Å². The third-order valence-electron chi connectivity index (χ3n) is 3.68. The Balaban J connectivity index is 3.29. The Morgan fingerprint density at radius 2 is 1.70 bits per heavy atom. The first-order valence-electron chi connectivity index (χ1n) is 7.33. The Labute approximate surface area is 123 Å². The summed E-state index contributed by atoms with van der Waals surface area (Å²) in [5.74, 6) is 0.458. The monoisotopic (exact) mass is 276 g/mol. The van der Waals surface area contributed by atoms with Crippen LogP contribution in [0.25, 0.3) is 0 Å². The van der Waals surface area contributed by atoms with Gasteiger partial charge in [-0.05, 0) is 28.4 Å². The van der Waals surface area contributed by atoms with Crippen molar-refractivity contribution < 1.29 is 9.90 Å². The average molecular weight is 276 g/mol. The molecular formula is C18H28O2. The molecule has 0 amide bonds. The molecule has 1 rings (SSSR count). The lowest BCUT2D eigenvalue weighted by molar-refractivity contribution is -0.107. The van der Waals surface area contributed by atoms with Crippen LogP contribution in [0.5, 0.6) is 0 Å². The third-order valence-corrected chi connectivity index (χ3v) is 3.68. The fourth-order valence-corrected chi connectivity index (χ4v) is 2.36.